The predicted octanol–water partition coefficient (Wildman–Crippen LogP) is 5.75. The van der Waals surface area contributed by atoms with Crippen molar-refractivity contribution in [1.82, 2.24) is 0 Å². The van der Waals surface area contributed by atoms with Gasteiger partial charge in [-0.2, -0.15) is 0 Å². The molecule has 4 N–H and O–H groups in total. The molecule has 4 heteroatoms. The van der Waals surface area contributed by atoms with E-state index in [1.54, 1.807) is 54.6 Å². The number of ketones is 1. The molecule has 3 atom stereocenters. The monoisotopic (exact) mass is 465 g/mol. The van der Waals surface area contributed by atoms with E-state index >= 15 is 0 Å². The van der Waals surface area contributed by atoms with Crippen LogP contribution in [0.15, 0.2) is 134 Å². The number of hydrogen-bond donors (Lipinski definition) is 3. The van der Waals surface area contributed by atoms with E-state index in [-0.39, 0.29) is 5.78 Å². The molecule has 1 unspecified atom stereocenters. The Hall–Kier alpha value is -3.83. The highest BCUT2D eigenvalue weighted by molar-refractivity contribution is 5.99. The van der Waals surface area contributed by atoms with Crippen molar-refractivity contribution in [1.29, 1.82) is 0 Å². The average Bonchev–Trinajstić information content (AvgIpc) is 2.94. The fourth-order valence-electron chi connectivity index (χ4n) is 3.85. The van der Waals surface area contributed by atoms with E-state index in [0.29, 0.717) is 17.5 Å². The van der Waals surface area contributed by atoms with Crippen LogP contribution < -0.4 is 5.73 Å². The average molecular weight is 466 g/mol. The van der Waals surface area contributed by atoms with Crippen molar-refractivity contribution in [2.75, 3.05) is 0 Å². The van der Waals surface area contributed by atoms with Crippen molar-refractivity contribution in [3.8, 4) is 0 Å². The molecule has 0 bridgehead atoms. The van der Waals surface area contributed by atoms with Crippen LogP contribution in [0.2, 0.25) is 0 Å². The van der Waals surface area contributed by atoms with Gasteiger partial charge in [-0.15, -0.1) is 6.58 Å². The highest BCUT2D eigenvalue weighted by atomic mass is 16.3. The summed E-state index contributed by atoms with van der Waals surface area (Å²) in [4.78, 5) is 11.9. The Labute approximate surface area is 207 Å². The number of aliphatic hydroxyl groups is 2. The second-order valence-electron chi connectivity index (χ2n) is 8.26. The third-order valence-corrected chi connectivity index (χ3v) is 5.82. The van der Waals surface area contributed by atoms with Crippen LogP contribution in [0.5, 0.6) is 0 Å². The minimum Gasteiger partial charge on any atom is -0.386 e. The molecule has 4 aromatic carbocycles. The summed E-state index contributed by atoms with van der Waals surface area (Å²) in [6.07, 6.45) is 0.407. The fourth-order valence-corrected chi connectivity index (χ4v) is 3.85. The second kappa shape index (κ2) is 12.6. The highest BCUT2D eigenvalue weighted by Gasteiger charge is 2.35. The Morgan fingerprint density at radius 1 is 0.743 bits per heavy atom. The summed E-state index contributed by atoms with van der Waals surface area (Å²) < 4.78 is 0. The van der Waals surface area contributed by atoms with E-state index in [0.717, 1.165) is 11.1 Å². The largest absolute Gasteiger partial charge is 0.386 e. The number of aliphatic hydroxyl groups excluding tert-OH is 2. The first-order valence-corrected chi connectivity index (χ1v) is 11.5. The minimum atomic E-state index is -1.08. The van der Waals surface area contributed by atoms with Crippen molar-refractivity contribution >= 4 is 5.78 Å². The van der Waals surface area contributed by atoms with Crippen LogP contribution in [0.25, 0.3) is 0 Å². The van der Waals surface area contributed by atoms with Crippen LogP contribution in [0.3, 0.4) is 0 Å². The van der Waals surface area contributed by atoms with Gasteiger partial charge in [0, 0.05) is 5.56 Å². The molecule has 0 aliphatic rings. The zero-order chi connectivity index (χ0) is 25.1. The Balaban J connectivity index is 0.000000198. The van der Waals surface area contributed by atoms with Crippen LogP contribution in [-0.2, 0) is 5.54 Å². The van der Waals surface area contributed by atoms with E-state index in [1.165, 1.54) is 0 Å². The molecular formula is C31H31NO3. The third kappa shape index (κ3) is 6.61. The van der Waals surface area contributed by atoms with Gasteiger partial charge in [0.15, 0.2) is 5.78 Å². The number of carbonyl (C=O) groups is 1. The molecule has 178 valence electrons. The second-order valence-corrected chi connectivity index (χ2v) is 8.26. The predicted molar refractivity (Wildman–Crippen MR) is 141 cm³/mol. The van der Waals surface area contributed by atoms with Gasteiger partial charge in [0.05, 0.1) is 5.54 Å². The van der Waals surface area contributed by atoms with E-state index < -0.39 is 17.7 Å². The number of Topliss-reactive ketones (excluding diaryl/α,β-unsaturated/α-hetero) is 1. The molecule has 4 nitrogen and oxygen atoms in total. The van der Waals surface area contributed by atoms with Gasteiger partial charge >= 0.3 is 0 Å². The van der Waals surface area contributed by atoms with Crippen molar-refractivity contribution in [2.24, 2.45) is 5.73 Å². The molecule has 0 amide bonds. The normalized spacial score (nSPS) is 13.9. The summed E-state index contributed by atoms with van der Waals surface area (Å²) in [6, 6.07) is 36.9. The molecule has 4 aromatic rings. The molecule has 0 saturated heterocycles. The summed E-state index contributed by atoms with van der Waals surface area (Å²) in [7, 11) is 0. The van der Waals surface area contributed by atoms with Crippen molar-refractivity contribution in [3.63, 3.8) is 0 Å². The van der Waals surface area contributed by atoms with E-state index in [2.05, 4.69) is 6.58 Å². The molecule has 35 heavy (non-hydrogen) atoms. The maximum atomic E-state index is 11.9. The zero-order valence-electron chi connectivity index (χ0n) is 19.6. The molecule has 0 aliphatic carbocycles. The Kier molecular flexibility index (Phi) is 9.27. The molecule has 0 heterocycles. The van der Waals surface area contributed by atoms with Crippen LogP contribution in [0, 0.1) is 0 Å². The van der Waals surface area contributed by atoms with Crippen LogP contribution in [0.4, 0.5) is 0 Å². The number of carbonyl (C=O) groups excluding carboxylic acids is 1. The first-order chi connectivity index (χ1) is 17.0. The summed E-state index contributed by atoms with van der Waals surface area (Å²) in [5.41, 5.74) is 8.50. The van der Waals surface area contributed by atoms with Crippen LogP contribution in [0.1, 0.15) is 45.7 Å². The molecule has 4 rings (SSSR count). The van der Waals surface area contributed by atoms with Gasteiger partial charge in [0.1, 0.15) is 12.2 Å². The van der Waals surface area contributed by atoms with Gasteiger partial charge in [-0.1, -0.05) is 127 Å². The van der Waals surface area contributed by atoms with Gasteiger partial charge in [0.2, 0.25) is 0 Å². The summed E-state index contributed by atoms with van der Waals surface area (Å²) >= 11 is 0. The Bertz CT molecular complexity index is 1180. The third-order valence-electron chi connectivity index (χ3n) is 5.82. The number of rotatable bonds is 8. The highest BCUT2D eigenvalue weighted by Crippen LogP contribution is 2.35. The lowest BCUT2D eigenvalue weighted by Gasteiger charge is -2.34. The van der Waals surface area contributed by atoms with Crippen LogP contribution >= 0.6 is 0 Å². The molecule has 0 saturated carbocycles. The first kappa shape index (κ1) is 25.8. The maximum Gasteiger partial charge on any atom is 0.195 e. The lowest BCUT2D eigenvalue weighted by molar-refractivity contribution is 0.0747. The molecular weight excluding hydrogens is 434 g/mol. The van der Waals surface area contributed by atoms with Crippen molar-refractivity contribution < 1.29 is 15.0 Å². The van der Waals surface area contributed by atoms with Gasteiger partial charge in [-0.3, -0.25) is 4.79 Å². The van der Waals surface area contributed by atoms with Crippen LogP contribution in [-0.4, -0.2) is 16.0 Å². The van der Waals surface area contributed by atoms with E-state index in [1.807, 2.05) is 72.8 Å². The standard InChI is InChI=1S/C17H19NO.C14H12O2/c1-2-13-17(18,15-11-7-4-8-12-15)16(19)14-9-5-3-6-10-14;15-13(11-7-3-1-4-8-11)14(16)12-9-5-2-6-10-12/h2-12,16,19H,1,13,18H2;1-10,13,15H/t16-,17+;/m0./s1. The van der Waals surface area contributed by atoms with E-state index in [9.17, 15) is 15.0 Å². The summed E-state index contributed by atoms with van der Waals surface area (Å²) in [5.74, 6) is -0.271. The quantitative estimate of drug-likeness (QED) is 0.228. The zero-order valence-corrected chi connectivity index (χ0v) is 19.6. The fraction of sp³-hybridized carbons (Fsp3) is 0.129. The number of nitrogens with two attached hydrogens (primary N) is 1. The molecule has 0 fully saturated rings. The summed E-state index contributed by atoms with van der Waals surface area (Å²) in [5, 5.41) is 20.5. The summed E-state index contributed by atoms with van der Waals surface area (Å²) in [6.45, 7) is 3.76. The molecule has 0 spiro atoms. The van der Waals surface area contributed by atoms with E-state index in [4.69, 9.17) is 5.73 Å². The van der Waals surface area contributed by atoms with Gasteiger partial charge in [-0.25, -0.2) is 0 Å². The number of benzene rings is 4. The SMILES string of the molecule is C=CC[C@@](N)(c1ccccc1)[C@@H](O)c1ccccc1.O=C(c1ccccc1)C(O)c1ccccc1. The van der Waals surface area contributed by atoms with Crippen molar-refractivity contribution in [2.45, 2.75) is 24.2 Å². The lowest BCUT2D eigenvalue weighted by atomic mass is 9.79. The molecule has 0 aliphatic heterocycles. The first-order valence-electron chi connectivity index (χ1n) is 11.5. The molecule has 0 aromatic heterocycles. The maximum absolute atomic E-state index is 11.9. The Morgan fingerprint density at radius 3 is 1.66 bits per heavy atom. The molecule has 0 radical (unpaired) electrons. The number of hydrogen-bond acceptors (Lipinski definition) is 4. The smallest absolute Gasteiger partial charge is 0.195 e. The van der Waals surface area contributed by atoms with Gasteiger partial charge in [0.25, 0.3) is 0 Å². The van der Waals surface area contributed by atoms with Gasteiger partial charge < -0.3 is 15.9 Å². The Morgan fingerprint density at radius 2 is 1.17 bits per heavy atom. The van der Waals surface area contributed by atoms with Crippen molar-refractivity contribution in [3.05, 3.63) is 156 Å². The minimum absolute atomic E-state index is 0.271. The van der Waals surface area contributed by atoms with Gasteiger partial charge in [-0.05, 0) is 23.1 Å². The lowest BCUT2D eigenvalue weighted by Crippen LogP contribution is -2.42. The topological polar surface area (TPSA) is 83.5 Å².